The molecule has 6 heteroatoms. The van der Waals surface area contributed by atoms with Gasteiger partial charge in [0.2, 0.25) is 0 Å². The van der Waals surface area contributed by atoms with E-state index in [0.717, 1.165) is 23.8 Å². The van der Waals surface area contributed by atoms with Crippen molar-refractivity contribution in [2.24, 2.45) is 4.99 Å². The number of rotatable bonds is 4. The van der Waals surface area contributed by atoms with Crippen LogP contribution in [0.3, 0.4) is 0 Å². The molecule has 1 saturated carbocycles. The van der Waals surface area contributed by atoms with Crippen molar-refractivity contribution >= 4 is 46.7 Å². The van der Waals surface area contributed by atoms with Gasteiger partial charge in [-0.2, -0.15) is 0 Å². The Bertz CT molecular complexity index is 694. The Labute approximate surface area is 154 Å². The van der Waals surface area contributed by atoms with E-state index in [-0.39, 0.29) is 24.0 Å². The van der Waals surface area contributed by atoms with Gasteiger partial charge in [-0.15, -0.1) is 24.0 Å². The molecule has 1 fully saturated rings. The summed E-state index contributed by atoms with van der Waals surface area (Å²) in [5.41, 5.74) is 2.25. The first kappa shape index (κ1) is 17.8. The number of hydrogen-bond acceptors (Lipinski definition) is 3. The molecule has 124 valence electrons. The standard InChI is InChI=1S/C17H23N5.HI/c1-18-17(20-13-8-9-13)19-11-12-10-16(22(2)3)21-15-7-5-4-6-14(12)15;/h4-7,10,13H,8-9,11H2,1-3H3,(H2,18,19,20);1H. The van der Waals surface area contributed by atoms with Crippen LogP contribution < -0.4 is 15.5 Å². The number of fused-ring (bicyclic) bond motifs is 1. The van der Waals surface area contributed by atoms with E-state index < -0.39 is 0 Å². The van der Waals surface area contributed by atoms with Crippen LogP contribution in [-0.4, -0.2) is 38.1 Å². The summed E-state index contributed by atoms with van der Waals surface area (Å²) in [6, 6.07) is 11.0. The lowest BCUT2D eigenvalue weighted by Gasteiger charge is -2.16. The van der Waals surface area contributed by atoms with Gasteiger partial charge in [0, 0.05) is 39.1 Å². The molecule has 0 bridgehead atoms. The Balaban J connectivity index is 0.00000192. The molecule has 1 aliphatic carbocycles. The molecular formula is C17H24IN5. The van der Waals surface area contributed by atoms with E-state index in [1.807, 2.05) is 32.1 Å². The van der Waals surface area contributed by atoms with Crippen LogP contribution in [0.15, 0.2) is 35.3 Å². The van der Waals surface area contributed by atoms with Gasteiger partial charge in [-0.1, -0.05) is 18.2 Å². The third kappa shape index (κ3) is 4.46. The van der Waals surface area contributed by atoms with E-state index in [0.29, 0.717) is 6.04 Å². The fraction of sp³-hybridized carbons (Fsp3) is 0.412. The zero-order valence-corrected chi connectivity index (χ0v) is 16.2. The highest BCUT2D eigenvalue weighted by molar-refractivity contribution is 14.0. The number of nitrogens with zero attached hydrogens (tertiary/aromatic N) is 3. The molecule has 5 nitrogen and oxygen atoms in total. The second-order valence-corrected chi connectivity index (χ2v) is 5.90. The van der Waals surface area contributed by atoms with Gasteiger partial charge in [0.15, 0.2) is 5.96 Å². The van der Waals surface area contributed by atoms with E-state index in [1.54, 1.807) is 0 Å². The van der Waals surface area contributed by atoms with Gasteiger partial charge in [0.25, 0.3) is 0 Å². The molecule has 3 rings (SSSR count). The highest BCUT2D eigenvalue weighted by Gasteiger charge is 2.22. The van der Waals surface area contributed by atoms with Crippen molar-refractivity contribution in [2.45, 2.75) is 25.4 Å². The molecule has 0 unspecified atom stereocenters. The normalized spacial score (nSPS) is 14.3. The van der Waals surface area contributed by atoms with Crippen LogP contribution in [0, 0.1) is 0 Å². The van der Waals surface area contributed by atoms with Crippen LogP contribution in [0.1, 0.15) is 18.4 Å². The van der Waals surface area contributed by atoms with Gasteiger partial charge in [-0.05, 0) is 30.5 Å². The van der Waals surface area contributed by atoms with E-state index in [9.17, 15) is 0 Å². The predicted molar refractivity (Wildman–Crippen MR) is 108 cm³/mol. The maximum atomic E-state index is 4.69. The minimum atomic E-state index is 0. The average Bonchev–Trinajstić information content (AvgIpc) is 3.34. The van der Waals surface area contributed by atoms with E-state index in [4.69, 9.17) is 4.98 Å². The van der Waals surface area contributed by atoms with Crippen molar-refractivity contribution in [1.82, 2.24) is 15.6 Å². The number of benzene rings is 1. The van der Waals surface area contributed by atoms with Crippen LogP contribution >= 0.6 is 24.0 Å². The minimum Gasteiger partial charge on any atom is -0.363 e. The van der Waals surface area contributed by atoms with Crippen molar-refractivity contribution in [1.29, 1.82) is 0 Å². The number of anilines is 1. The quantitative estimate of drug-likeness (QED) is 0.450. The van der Waals surface area contributed by atoms with Crippen LogP contribution in [0.25, 0.3) is 10.9 Å². The van der Waals surface area contributed by atoms with Crippen molar-refractivity contribution in [2.75, 3.05) is 26.0 Å². The lowest BCUT2D eigenvalue weighted by atomic mass is 10.1. The number of aliphatic imine (C=N–C) groups is 1. The number of hydrogen-bond donors (Lipinski definition) is 2. The maximum Gasteiger partial charge on any atom is 0.191 e. The monoisotopic (exact) mass is 425 g/mol. The summed E-state index contributed by atoms with van der Waals surface area (Å²) in [4.78, 5) is 11.0. The van der Waals surface area contributed by atoms with Crippen molar-refractivity contribution in [3.63, 3.8) is 0 Å². The third-order valence-corrected chi connectivity index (χ3v) is 3.83. The molecule has 1 aliphatic rings. The topological polar surface area (TPSA) is 52.6 Å². The van der Waals surface area contributed by atoms with Crippen LogP contribution in [0.5, 0.6) is 0 Å². The summed E-state index contributed by atoms with van der Waals surface area (Å²) < 4.78 is 0. The van der Waals surface area contributed by atoms with E-state index in [2.05, 4.69) is 39.9 Å². The van der Waals surface area contributed by atoms with Gasteiger partial charge >= 0.3 is 0 Å². The zero-order chi connectivity index (χ0) is 15.5. The van der Waals surface area contributed by atoms with Crippen molar-refractivity contribution < 1.29 is 0 Å². The fourth-order valence-electron chi connectivity index (χ4n) is 2.40. The third-order valence-electron chi connectivity index (χ3n) is 3.83. The first-order valence-electron chi connectivity index (χ1n) is 7.70. The maximum absolute atomic E-state index is 4.69. The largest absolute Gasteiger partial charge is 0.363 e. The number of para-hydroxylation sites is 1. The molecule has 0 saturated heterocycles. The molecule has 1 heterocycles. The van der Waals surface area contributed by atoms with Crippen LogP contribution in [0.2, 0.25) is 0 Å². The van der Waals surface area contributed by atoms with E-state index >= 15 is 0 Å². The van der Waals surface area contributed by atoms with E-state index in [1.165, 1.54) is 23.8 Å². The smallest absolute Gasteiger partial charge is 0.191 e. The molecule has 0 amide bonds. The predicted octanol–water partition coefficient (Wildman–Crippen LogP) is 2.75. The summed E-state index contributed by atoms with van der Waals surface area (Å²) in [5.74, 6) is 1.84. The lowest BCUT2D eigenvalue weighted by Crippen LogP contribution is -2.38. The Hall–Kier alpha value is -1.57. The Morgan fingerprint density at radius 1 is 1.30 bits per heavy atom. The molecule has 0 aliphatic heterocycles. The molecule has 1 aromatic heterocycles. The number of nitrogens with one attached hydrogen (secondary N) is 2. The molecular weight excluding hydrogens is 401 g/mol. The van der Waals surface area contributed by atoms with Crippen LogP contribution in [-0.2, 0) is 6.54 Å². The van der Waals surface area contributed by atoms with Gasteiger partial charge in [0.05, 0.1) is 5.52 Å². The average molecular weight is 425 g/mol. The summed E-state index contributed by atoms with van der Waals surface area (Å²) in [6.07, 6.45) is 2.48. The molecule has 2 N–H and O–H groups in total. The SMILES string of the molecule is CN=C(NCc1cc(N(C)C)nc2ccccc12)NC1CC1.I. The number of pyridine rings is 1. The van der Waals surface area contributed by atoms with Gasteiger partial charge in [0.1, 0.15) is 5.82 Å². The van der Waals surface area contributed by atoms with Crippen molar-refractivity contribution in [3.8, 4) is 0 Å². The second kappa shape index (κ2) is 7.81. The fourth-order valence-corrected chi connectivity index (χ4v) is 2.40. The summed E-state index contributed by atoms with van der Waals surface area (Å²) in [7, 11) is 5.84. The molecule has 2 aromatic rings. The van der Waals surface area contributed by atoms with Gasteiger partial charge in [-0.3, -0.25) is 4.99 Å². The Morgan fingerprint density at radius 2 is 2.04 bits per heavy atom. The summed E-state index contributed by atoms with van der Waals surface area (Å²) in [6.45, 7) is 0.732. The highest BCUT2D eigenvalue weighted by Crippen LogP contribution is 2.22. The molecule has 0 atom stereocenters. The molecule has 0 spiro atoms. The minimum absolute atomic E-state index is 0. The molecule has 0 radical (unpaired) electrons. The number of guanidine groups is 1. The van der Waals surface area contributed by atoms with Crippen LogP contribution in [0.4, 0.5) is 5.82 Å². The lowest BCUT2D eigenvalue weighted by molar-refractivity contribution is 0.807. The molecule has 23 heavy (non-hydrogen) atoms. The first-order valence-corrected chi connectivity index (χ1v) is 7.70. The Kier molecular flexibility index (Phi) is 6.04. The van der Waals surface area contributed by atoms with Gasteiger partial charge in [-0.25, -0.2) is 4.98 Å². The second-order valence-electron chi connectivity index (χ2n) is 5.90. The molecule has 1 aromatic carbocycles. The number of halogens is 1. The highest BCUT2D eigenvalue weighted by atomic mass is 127. The van der Waals surface area contributed by atoms with Gasteiger partial charge < -0.3 is 15.5 Å². The first-order chi connectivity index (χ1) is 10.7. The Morgan fingerprint density at radius 3 is 2.70 bits per heavy atom. The van der Waals surface area contributed by atoms with Crippen molar-refractivity contribution in [3.05, 3.63) is 35.9 Å². The summed E-state index contributed by atoms with van der Waals surface area (Å²) in [5, 5.41) is 8.00. The zero-order valence-electron chi connectivity index (χ0n) is 13.8. The number of aromatic nitrogens is 1. The summed E-state index contributed by atoms with van der Waals surface area (Å²) >= 11 is 0.